The fraction of sp³-hybridized carbons (Fsp3) is 1.00. The second kappa shape index (κ2) is 4.43. The highest BCUT2D eigenvalue weighted by atomic mass is 16.5. The summed E-state index contributed by atoms with van der Waals surface area (Å²) >= 11 is 0. The van der Waals surface area contributed by atoms with Crippen molar-refractivity contribution in [3.8, 4) is 0 Å². The lowest BCUT2D eigenvalue weighted by atomic mass is 9.84. The van der Waals surface area contributed by atoms with E-state index in [0.29, 0.717) is 12.5 Å². The number of aliphatic hydroxyl groups excluding tert-OH is 1. The van der Waals surface area contributed by atoms with Gasteiger partial charge in [0.25, 0.3) is 0 Å². The summed E-state index contributed by atoms with van der Waals surface area (Å²) in [6.07, 6.45) is 7.93. The van der Waals surface area contributed by atoms with Crippen molar-refractivity contribution in [1.82, 2.24) is 0 Å². The van der Waals surface area contributed by atoms with E-state index in [1.807, 2.05) is 0 Å². The van der Waals surface area contributed by atoms with Crippen LogP contribution in [-0.4, -0.2) is 24.4 Å². The van der Waals surface area contributed by atoms with Gasteiger partial charge >= 0.3 is 0 Å². The molecule has 13 heavy (non-hydrogen) atoms. The summed E-state index contributed by atoms with van der Waals surface area (Å²) in [4.78, 5) is 0. The van der Waals surface area contributed by atoms with Crippen LogP contribution >= 0.6 is 0 Å². The zero-order valence-electron chi connectivity index (χ0n) is 8.24. The third-order valence-corrected chi connectivity index (χ3v) is 3.60. The van der Waals surface area contributed by atoms with E-state index < -0.39 is 0 Å². The van der Waals surface area contributed by atoms with E-state index in [9.17, 15) is 5.11 Å². The molecule has 2 aliphatic rings. The lowest BCUT2D eigenvalue weighted by Gasteiger charge is -2.22. The molecular formula is C11H20O2. The van der Waals surface area contributed by atoms with Gasteiger partial charge in [-0.1, -0.05) is 25.7 Å². The van der Waals surface area contributed by atoms with Gasteiger partial charge in [0, 0.05) is 5.92 Å². The van der Waals surface area contributed by atoms with Crippen LogP contribution in [0.15, 0.2) is 0 Å². The lowest BCUT2D eigenvalue weighted by molar-refractivity contribution is 0.100. The molecule has 0 spiro atoms. The molecule has 1 saturated heterocycles. The third-order valence-electron chi connectivity index (χ3n) is 3.60. The van der Waals surface area contributed by atoms with Crippen LogP contribution in [-0.2, 0) is 4.74 Å². The van der Waals surface area contributed by atoms with Crippen LogP contribution in [0.1, 0.15) is 38.5 Å². The molecule has 2 rings (SSSR count). The van der Waals surface area contributed by atoms with Gasteiger partial charge in [-0.15, -0.1) is 0 Å². The first-order valence-electron chi connectivity index (χ1n) is 5.64. The van der Waals surface area contributed by atoms with Gasteiger partial charge in [-0.25, -0.2) is 0 Å². The molecule has 1 saturated carbocycles. The van der Waals surface area contributed by atoms with Gasteiger partial charge in [-0.05, 0) is 18.8 Å². The van der Waals surface area contributed by atoms with Gasteiger partial charge in [0.05, 0.1) is 19.3 Å². The summed E-state index contributed by atoms with van der Waals surface area (Å²) in [5.41, 5.74) is 0. The lowest BCUT2D eigenvalue weighted by Crippen LogP contribution is -2.26. The summed E-state index contributed by atoms with van der Waals surface area (Å²) in [6, 6.07) is 0. The number of hydrogen-bond acceptors (Lipinski definition) is 2. The van der Waals surface area contributed by atoms with Crippen molar-refractivity contribution < 1.29 is 9.84 Å². The Balaban J connectivity index is 1.89. The molecule has 0 aromatic heterocycles. The van der Waals surface area contributed by atoms with Crippen LogP contribution in [0.4, 0.5) is 0 Å². The summed E-state index contributed by atoms with van der Waals surface area (Å²) in [5.74, 6) is 1.18. The first-order chi connectivity index (χ1) is 6.38. The zero-order valence-corrected chi connectivity index (χ0v) is 8.24. The molecule has 0 radical (unpaired) electrons. The molecule has 1 heterocycles. The van der Waals surface area contributed by atoms with Crippen molar-refractivity contribution in [2.45, 2.75) is 44.6 Å². The molecule has 0 amide bonds. The average molecular weight is 184 g/mol. The molecule has 0 bridgehead atoms. The van der Waals surface area contributed by atoms with Gasteiger partial charge in [-0.3, -0.25) is 0 Å². The van der Waals surface area contributed by atoms with E-state index >= 15 is 0 Å². The number of hydrogen-bond donors (Lipinski definition) is 1. The molecule has 0 aromatic carbocycles. The minimum Gasteiger partial charge on any atom is -0.390 e. The Bertz CT molecular complexity index is 150. The smallest absolute Gasteiger partial charge is 0.0826 e. The van der Waals surface area contributed by atoms with E-state index in [1.54, 1.807) is 0 Å². The Morgan fingerprint density at radius 1 is 0.923 bits per heavy atom. The van der Waals surface area contributed by atoms with E-state index in [4.69, 9.17) is 4.74 Å². The molecule has 2 unspecified atom stereocenters. The maximum atomic E-state index is 9.71. The predicted octanol–water partition coefficient (Wildman–Crippen LogP) is 1.96. The molecule has 1 aliphatic heterocycles. The standard InChI is InChI=1S/C11H20O2/c12-11-8-13-7-10(11)9-5-3-1-2-4-6-9/h9-12H,1-8H2. The molecule has 1 aliphatic carbocycles. The normalized spacial score (nSPS) is 37.6. The Kier molecular flexibility index (Phi) is 3.23. The van der Waals surface area contributed by atoms with E-state index in [-0.39, 0.29) is 6.10 Å². The molecular weight excluding hydrogens is 164 g/mol. The van der Waals surface area contributed by atoms with Crippen molar-refractivity contribution in [3.05, 3.63) is 0 Å². The number of aliphatic hydroxyl groups is 1. The largest absolute Gasteiger partial charge is 0.390 e. The Hall–Kier alpha value is -0.0800. The van der Waals surface area contributed by atoms with Gasteiger partial charge in [-0.2, -0.15) is 0 Å². The van der Waals surface area contributed by atoms with Crippen LogP contribution in [0.25, 0.3) is 0 Å². The van der Waals surface area contributed by atoms with E-state index in [1.165, 1.54) is 38.5 Å². The first-order valence-corrected chi connectivity index (χ1v) is 5.64. The highest BCUT2D eigenvalue weighted by molar-refractivity contribution is 4.81. The van der Waals surface area contributed by atoms with Crippen molar-refractivity contribution >= 4 is 0 Å². The minimum absolute atomic E-state index is 0.178. The van der Waals surface area contributed by atoms with Crippen LogP contribution < -0.4 is 0 Å². The molecule has 0 aromatic rings. The fourth-order valence-corrected chi connectivity index (χ4v) is 2.75. The summed E-state index contributed by atoms with van der Waals surface area (Å²) < 4.78 is 5.31. The van der Waals surface area contributed by atoms with Crippen molar-refractivity contribution in [3.63, 3.8) is 0 Å². The first kappa shape index (κ1) is 9.47. The third kappa shape index (κ3) is 2.23. The topological polar surface area (TPSA) is 29.5 Å². The molecule has 2 atom stereocenters. The zero-order chi connectivity index (χ0) is 9.10. The van der Waals surface area contributed by atoms with Crippen LogP contribution in [0.2, 0.25) is 0 Å². The van der Waals surface area contributed by atoms with Gasteiger partial charge < -0.3 is 9.84 Å². The van der Waals surface area contributed by atoms with Crippen molar-refractivity contribution in [2.75, 3.05) is 13.2 Å². The Morgan fingerprint density at radius 3 is 2.15 bits per heavy atom. The predicted molar refractivity (Wildman–Crippen MR) is 51.5 cm³/mol. The van der Waals surface area contributed by atoms with Gasteiger partial charge in [0.15, 0.2) is 0 Å². The molecule has 2 heteroatoms. The van der Waals surface area contributed by atoms with Crippen LogP contribution in [0, 0.1) is 11.8 Å². The summed E-state index contributed by atoms with van der Waals surface area (Å²) in [5, 5.41) is 9.71. The number of ether oxygens (including phenoxy) is 1. The molecule has 1 N–H and O–H groups in total. The SMILES string of the molecule is OC1COCC1C1CCCCCC1. The maximum absolute atomic E-state index is 9.71. The highest BCUT2D eigenvalue weighted by Crippen LogP contribution is 2.33. The minimum atomic E-state index is -0.178. The molecule has 2 nitrogen and oxygen atoms in total. The summed E-state index contributed by atoms with van der Waals surface area (Å²) in [6.45, 7) is 1.37. The summed E-state index contributed by atoms with van der Waals surface area (Å²) in [7, 11) is 0. The maximum Gasteiger partial charge on any atom is 0.0826 e. The van der Waals surface area contributed by atoms with E-state index in [2.05, 4.69) is 0 Å². The van der Waals surface area contributed by atoms with E-state index in [0.717, 1.165) is 12.5 Å². The molecule has 2 fully saturated rings. The van der Waals surface area contributed by atoms with Crippen LogP contribution in [0.3, 0.4) is 0 Å². The second-order valence-electron chi connectivity index (χ2n) is 4.52. The van der Waals surface area contributed by atoms with Crippen molar-refractivity contribution in [1.29, 1.82) is 0 Å². The van der Waals surface area contributed by atoms with Gasteiger partial charge in [0.1, 0.15) is 0 Å². The highest BCUT2D eigenvalue weighted by Gasteiger charge is 2.33. The average Bonchev–Trinajstić information content (AvgIpc) is 2.43. The van der Waals surface area contributed by atoms with Gasteiger partial charge in [0.2, 0.25) is 0 Å². The number of rotatable bonds is 1. The Labute approximate surface area is 80.3 Å². The fourth-order valence-electron chi connectivity index (χ4n) is 2.75. The van der Waals surface area contributed by atoms with Crippen molar-refractivity contribution in [2.24, 2.45) is 11.8 Å². The Morgan fingerprint density at radius 2 is 1.62 bits per heavy atom. The monoisotopic (exact) mass is 184 g/mol. The molecule has 76 valence electrons. The quantitative estimate of drug-likeness (QED) is 0.631. The second-order valence-corrected chi connectivity index (χ2v) is 4.52. The van der Waals surface area contributed by atoms with Crippen LogP contribution in [0.5, 0.6) is 0 Å².